The van der Waals surface area contributed by atoms with E-state index in [1.54, 1.807) is 0 Å². The second kappa shape index (κ2) is 4.14. The molecule has 0 aliphatic heterocycles. The number of hydrogen-bond donors (Lipinski definition) is 0. The van der Waals surface area contributed by atoms with Crippen molar-refractivity contribution in [1.82, 2.24) is 0 Å². The third-order valence-corrected chi connectivity index (χ3v) is 2.75. The first-order chi connectivity index (χ1) is 4.43. The third-order valence-electron chi connectivity index (χ3n) is 1.02. The Labute approximate surface area is 69.4 Å². The van der Waals surface area contributed by atoms with Crippen molar-refractivity contribution in [2.45, 2.75) is 0 Å². The molecule has 2 heteroatoms. The van der Waals surface area contributed by atoms with Gasteiger partial charge in [-0.05, 0) is 0 Å². The summed E-state index contributed by atoms with van der Waals surface area (Å²) in [6.45, 7) is 0. The van der Waals surface area contributed by atoms with Gasteiger partial charge in [0.05, 0.1) is 0 Å². The van der Waals surface area contributed by atoms with E-state index in [4.69, 9.17) is 8.51 Å². The van der Waals surface area contributed by atoms with Crippen molar-refractivity contribution in [2.24, 2.45) is 0 Å². The van der Waals surface area contributed by atoms with E-state index >= 15 is 0 Å². The SMILES string of the molecule is [Cl][Zr]=[CH]c1ccccc1. The van der Waals surface area contributed by atoms with Gasteiger partial charge in [0.25, 0.3) is 0 Å². The minimum absolute atomic E-state index is 0.667. The molecule has 1 aromatic carbocycles. The average molecular weight is 217 g/mol. The summed E-state index contributed by atoms with van der Waals surface area (Å²) in [4.78, 5) is 0. The van der Waals surface area contributed by atoms with Crippen LogP contribution in [0.3, 0.4) is 0 Å². The fourth-order valence-corrected chi connectivity index (χ4v) is 2.14. The fraction of sp³-hybridized carbons (Fsp3) is 0. The number of benzene rings is 1. The van der Waals surface area contributed by atoms with Gasteiger partial charge in [-0.1, -0.05) is 0 Å². The predicted molar refractivity (Wildman–Crippen MR) is 37.5 cm³/mol. The van der Waals surface area contributed by atoms with Gasteiger partial charge in [0, 0.05) is 0 Å². The van der Waals surface area contributed by atoms with Gasteiger partial charge in [-0.15, -0.1) is 0 Å². The van der Waals surface area contributed by atoms with Crippen molar-refractivity contribution in [3.05, 3.63) is 35.9 Å². The van der Waals surface area contributed by atoms with Crippen LogP contribution in [0, 0.1) is 0 Å². The summed E-state index contributed by atoms with van der Waals surface area (Å²) in [6.07, 6.45) is 0. The molecular formula is C7H6ClZr. The summed E-state index contributed by atoms with van der Waals surface area (Å²) < 4.78 is 2.14. The number of halogens is 1. The predicted octanol–water partition coefficient (Wildman–Crippen LogP) is 2.07. The Kier molecular flexibility index (Phi) is 3.39. The van der Waals surface area contributed by atoms with Gasteiger partial charge in [-0.3, -0.25) is 0 Å². The number of hydrogen-bond acceptors (Lipinski definition) is 0. The summed E-state index contributed by atoms with van der Waals surface area (Å²) in [7, 11) is 5.65. The van der Waals surface area contributed by atoms with E-state index in [0.29, 0.717) is 0 Å². The van der Waals surface area contributed by atoms with Crippen molar-refractivity contribution in [2.75, 3.05) is 0 Å². The maximum atomic E-state index is 5.65. The molecule has 0 aliphatic carbocycles. The van der Waals surface area contributed by atoms with E-state index in [1.165, 1.54) is 5.56 Å². The molecule has 1 rings (SSSR count). The van der Waals surface area contributed by atoms with Gasteiger partial charge in [0.2, 0.25) is 0 Å². The normalized spacial score (nSPS) is 9.44. The van der Waals surface area contributed by atoms with Crippen molar-refractivity contribution in [1.29, 1.82) is 0 Å². The number of rotatable bonds is 1. The Morgan fingerprint density at radius 1 is 1.22 bits per heavy atom. The van der Waals surface area contributed by atoms with Gasteiger partial charge < -0.3 is 0 Å². The zero-order valence-electron chi connectivity index (χ0n) is 4.84. The van der Waals surface area contributed by atoms with Crippen LogP contribution in [0.1, 0.15) is 5.56 Å². The van der Waals surface area contributed by atoms with Crippen LogP contribution in [0.5, 0.6) is 0 Å². The van der Waals surface area contributed by atoms with E-state index in [-0.39, 0.29) is 0 Å². The van der Waals surface area contributed by atoms with E-state index in [0.717, 1.165) is 0 Å². The van der Waals surface area contributed by atoms with Crippen LogP contribution in [0.15, 0.2) is 30.3 Å². The molecule has 0 N–H and O–H groups in total. The molecule has 0 bridgehead atoms. The summed E-state index contributed by atoms with van der Waals surface area (Å²) >= 11 is -0.667. The van der Waals surface area contributed by atoms with Gasteiger partial charge >= 0.3 is 69.7 Å². The average Bonchev–Trinajstić information content (AvgIpc) is 1.91. The van der Waals surface area contributed by atoms with Crippen LogP contribution in [-0.2, 0) is 21.6 Å². The van der Waals surface area contributed by atoms with E-state index in [1.807, 2.05) is 18.2 Å². The Morgan fingerprint density at radius 3 is 2.44 bits per heavy atom. The van der Waals surface area contributed by atoms with E-state index in [2.05, 4.69) is 15.8 Å². The summed E-state index contributed by atoms with van der Waals surface area (Å²) in [6, 6.07) is 10.2. The first-order valence-corrected chi connectivity index (χ1v) is 7.26. The zero-order valence-corrected chi connectivity index (χ0v) is 8.06. The van der Waals surface area contributed by atoms with Crippen LogP contribution < -0.4 is 0 Å². The third kappa shape index (κ3) is 2.56. The Bertz CT molecular complexity index is 193. The zero-order chi connectivity index (χ0) is 6.53. The van der Waals surface area contributed by atoms with Crippen molar-refractivity contribution < 1.29 is 21.6 Å². The molecule has 0 fully saturated rings. The molecule has 0 saturated heterocycles. The topological polar surface area (TPSA) is 0 Å². The quantitative estimate of drug-likeness (QED) is 0.675. The van der Waals surface area contributed by atoms with Gasteiger partial charge in [0.1, 0.15) is 0 Å². The Balaban J connectivity index is 2.85. The first-order valence-electron chi connectivity index (χ1n) is 2.68. The molecule has 0 amide bonds. The standard InChI is InChI=1S/C7H6.ClH.Zr/c1-7-5-3-2-4-6-7;;/h1-6H;1H;/q;;+1/p-1. The molecule has 45 valence electrons. The molecule has 0 nitrogen and oxygen atoms in total. The second-order valence-electron chi connectivity index (χ2n) is 1.66. The molecule has 9 heavy (non-hydrogen) atoms. The van der Waals surface area contributed by atoms with E-state index < -0.39 is 21.6 Å². The van der Waals surface area contributed by atoms with Crippen molar-refractivity contribution in [3.8, 4) is 0 Å². The molecule has 0 saturated carbocycles. The molecule has 0 aliphatic rings. The molecule has 0 unspecified atom stereocenters. The minimum atomic E-state index is -0.667. The van der Waals surface area contributed by atoms with Gasteiger partial charge in [0.15, 0.2) is 0 Å². The van der Waals surface area contributed by atoms with Crippen LogP contribution in [-0.4, -0.2) is 3.71 Å². The second-order valence-corrected chi connectivity index (χ2v) is 4.20. The monoisotopic (exact) mass is 215 g/mol. The molecule has 0 radical (unpaired) electrons. The Morgan fingerprint density at radius 2 is 1.89 bits per heavy atom. The summed E-state index contributed by atoms with van der Waals surface area (Å²) in [5, 5.41) is 0. The fourth-order valence-electron chi connectivity index (χ4n) is 0.612. The summed E-state index contributed by atoms with van der Waals surface area (Å²) in [5.41, 5.74) is 1.26. The summed E-state index contributed by atoms with van der Waals surface area (Å²) in [5.74, 6) is 0. The van der Waals surface area contributed by atoms with Crippen LogP contribution in [0.25, 0.3) is 0 Å². The Hall–Kier alpha value is 0.263. The van der Waals surface area contributed by atoms with Crippen LogP contribution >= 0.6 is 8.51 Å². The van der Waals surface area contributed by atoms with Crippen LogP contribution in [0.4, 0.5) is 0 Å². The van der Waals surface area contributed by atoms with Crippen molar-refractivity contribution >= 4 is 12.2 Å². The van der Waals surface area contributed by atoms with Crippen molar-refractivity contribution in [3.63, 3.8) is 0 Å². The molecule has 0 atom stereocenters. The molecule has 0 heterocycles. The first kappa shape index (κ1) is 7.37. The van der Waals surface area contributed by atoms with Crippen LogP contribution in [0.2, 0.25) is 0 Å². The molecule has 0 aromatic heterocycles. The molecule has 1 aromatic rings. The molecular weight excluding hydrogens is 211 g/mol. The molecule has 0 spiro atoms. The van der Waals surface area contributed by atoms with E-state index in [9.17, 15) is 0 Å². The maximum absolute atomic E-state index is 5.65. The van der Waals surface area contributed by atoms with Gasteiger partial charge in [-0.25, -0.2) is 0 Å². The van der Waals surface area contributed by atoms with Gasteiger partial charge in [-0.2, -0.15) is 0 Å².